The first-order valence-electron chi connectivity index (χ1n) is 10.1. The van der Waals surface area contributed by atoms with E-state index in [1.165, 1.54) is 0 Å². The highest BCUT2D eigenvalue weighted by atomic mass is 32.2. The molecule has 3 aromatic rings. The van der Waals surface area contributed by atoms with Gasteiger partial charge < -0.3 is 15.0 Å². The van der Waals surface area contributed by atoms with Crippen molar-refractivity contribution in [2.45, 2.75) is 25.8 Å². The Kier molecular flexibility index (Phi) is 6.29. The Balaban J connectivity index is 1.53. The van der Waals surface area contributed by atoms with E-state index in [4.69, 9.17) is 4.74 Å². The fourth-order valence-corrected chi connectivity index (χ4v) is 4.96. The van der Waals surface area contributed by atoms with Gasteiger partial charge in [0.25, 0.3) is 0 Å². The molecule has 154 valence electrons. The Morgan fingerprint density at radius 3 is 2.47 bits per heavy atom. The molecule has 1 aliphatic heterocycles. The van der Waals surface area contributed by atoms with Crippen LogP contribution in [-0.4, -0.2) is 23.2 Å². The maximum Gasteiger partial charge on any atom is 0.323 e. The highest BCUT2D eigenvalue weighted by Gasteiger charge is 2.33. The Labute approximate surface area is 182 Å². The molecule has 30 heavy (non-hydrogen) atoms. The van der Waals surface area contributed by atoms with Gasteiger partial charge in [-0.2, -0.15) is 0 Å². The summed E-state index contributed by atoms with van der Waals surface area (Å²) in [6, 6.07) is 24.1. The van der Waals surface area contributed by atoms with Crippen molar-refractivity contribution in [2.75, 3.05) is 17.6 Å². The molecule has 4 rings (SSSR count). The molecule has 4 nitrogen and oxygen atoms in total. The number of aryl methyl sites for hydroxylation is 2. The quantitative estimate of drug-likeness (QED) is 0.539. The number of amides is 2. The summed E-state index contributed by atoms with van der Waals surface area (Å²) in [6.07, 6.45) is 0. The van der Waals surface area contributed by atoms with E-state index in [2.05, 4.69) is 23.5 Å². The predicted octanol–water partition coefficient (Wildman–Crippen LogP) is 6.16. The molecule has 5 heteroatoms. The lowest BCUT2D eigenvalue weighted by molar-refractivity contribution is 0.213. The Morgan fingerprint density at radius 2 is 1.70 bits per heavy atom. The number of thioether (sulfide) groups is 1. The van der Waals surface area contributed by atoms with Gasteiger partial charge in [0.1, 0.15) is 17.7 Å². The summed E-state index contributed by atoms with van der Waals surface area (Å²) in [5.74, 6) is 1.73. The van der Waals surface area contributed by atoms with E-state index < -0.39 is 0 Å². The number of nitrogens with one attached hydrogen (secondary N) is 1. The van der Waals surface area contributed by atoms with Crippen LogP contribution in [0.5, 0.6) is 5.75 Å². The summed E-state index contributed by atoms with van der Waals surface area (Å²) >= 11 is 1.77. The molecule has 0 radical (unpaired) electrons. The minimum atomic E-state index is -0.0692. The lowest BCUT2D eigenvalue weighted by Crippen LogP contribution is -2.34. The maximum atomic E-state index is 13.2. The van der Waals surface area contributed by atoms with Crippen LogP contribution in [0.2, 0.25) is 0 Å². The number of rotatable bonds is 5. The van der Waals surface area contributed by atoms with E-state index in [9.17, 15) is 4.79 Å². The van der Waals surface area contributed by atoms with Gasteiger partial charge in [-0.3, -0.25) is 0 Å². The van der Waals surface area contributed by atoms with Crippen LogP contribution in [0.1, 0.15) is 27.6 Å². The van der Waals surface area contributed by atoms with E-state index in [0.717, 1.165) is 39.4 Å². The molecule has 0 saturated carbocycles. The first-order chi connectivity index (χ1) is 14.6. The molecule has 0 aromatic heterocycles. The number of carbonyl (C=O) groups excluding carboxylic acids is 1. The second kappa shape index (κ2) is 9.26. The molecule has 0 unspecified atom stereocenters. The maximum absolute atomic E-state index is 13.2. The highest BCUT2D eigenvalue weighted by molar-refractivity contribution is 7.99. The second-order valence-electron chi connectivity index (χ2n) is 7.43. The number of hydrogen-bond acceptors (Lipinski definition) is 3. The van der Waals surface area contributed by atoms with Gasteiger partial charge in [0, 0.05) is 23.5 Å². The Bertz CT molecular complexity index is 1000. The van der Waals surface area contributed by atoms with Crippen LogP contribution in [0, 0.1) is 13.8 Å². The molecular weight excluding hydrogens is 392 g/mol. The SMILES string of the molecule is Cc1cccc(C)c1NC(=O)N1CCS[C@H]1c1ccccc1OCc1ccccc1. The zero-order valence-electron chi connectivity index (χ0n) is 17.3. The largest absolute Gasteiger partial charge is 0.489 e. The number of carbonyl (C=O) groups is 1. The predicted molar refractivity (Wildman–Crippen MR) is 124 cm³/mol. The number of para-hydroxylation sites is 2. The number of benzene rings is 3. The molecule has 0 spiro atoms. The summed E-state index contributed by atoms with van der Waals surface area (Å²) in [6.45, 7) is 5.25. The standard InChI is InChI=1S/C25H26N2O2S/c1-18-9-8-10-19(2)23(18)26-25(28)27-15-16-30-24(27)21-13-6-7-14-22(21)29-17-20-11-4-3-5-12-20/h3-14,24H,15-17H2,1-2H3,(H,26,28)/t24-/m0/s1. The first kappa shape index (κ1) is 20.4. The third-order valence-corrected chi connectivity index (χ3v) is 6.53. The Hall–Kier alpha value is -2.92. The van der Waals surface area contributed by atoms with Gasteiger partial charge in [0.15, 0.2) is 0 Å². The van der Waals surface area contributed by atoms with Gasteiger partial charge in [-0.1, -0.05) is 66.7 Å². The number of anilines is 1. The molecule has 1 N–H and O–H groups in total. The molecule has 1 saturated heterocycles. The van der Waals surface area contributed by atoms with Gasteiger partial charge in [-0.15, -0.1) is 11.8 Å². The van der Waals surface area contributed by atoms with Crippen molar-refractivity contribution in [3.8, 4) is 5.75 Å². The highest BCUT2D eigenvalue weighted by Crippen LogP contribution is 2.42. The van der Waals surface area contributed by atoms with E-state index >= 15 is 0 Å². The molecule has 0 aliphatic carbocycles. The van der Waals surface area contributed by atoms with Gasteiger partial charge in [0.2, 0.25) is 0 Å². The van der Waals surface area contributed by atoms with E-state index in [0.29, 0.717) is 13.2 Å². The second-order valence-corrected chi connectivity index (χ2v) is 8.61. The van der Waals surface area contributed by atoms with E-state index in [1.807, 2.05) is 73.3 Å². The summed E-state index contributed by atoms with van der Waals surface area (Å²) in [5.41, 5.74) is 5.19. The van der Waals surface area contributed by atoms with Crippen molar-refractivity contribution >= 4 is 23.5 Å². The summed E-state index contributed by atoms with van der Waals surface area (Å²) in [5, 5.41) is 3.06. The molecule has 1 aliphatic rings. The third-order valence-electron chi connectivity index (χ3n) is 5.29. The topological polar surface area (TPSA) is 41.6 Å². The number of hydrogen-bond donors (Lipinski definition) is 1. The molecule has 2 amide bonds. The van der Waals surface area contributed by atoms with Crippen LogP contribution < -0.4 is 10.1 Å². The zero-order valence-corrected chi connectivity index (χ0v) is 18.1. The van der Waals surface area contributed by atoms with Gasteiger partial charge >= 0.3 is 6.03 Å². The van der Waals surface area contributed by atoms with Crippen molar-refractivity contribution in [1.82, 2.24) is 4.90 Å². The van der Waals surface area contributed by atoms with Crippen LogP contribution in [0.3, 0.4) is 0 Å². The summed E-state index contributed by atoms with van der Waals surface area (Å²) in [7, 11) is 0. The van der Waals surface area contributed by atoms with E-state index in [-0.39, 0.29) is 11.4 Å². The molecule has 1 heterocycles. The normalized spacial score (nSPS) is 15.8. The third kappa shape index (κ3) is 4.46. The van der Waals surface area contributed by atoms with Crippen molar-refractivity contribution in [2.24, 2.45) is 0 Å². The summed E-state index contributed by atoms with van der Waals surface area (Å²) in [4.78, 5) is 15.1. The number of urea groups is 1. The number of nitrogens with zero attached hydrogens (tertiary/aromatic N) is 1. The van der Waals surface area contributed by atoms with Crippen molar-refractivity contribution in [3.63, 3.8) is 0 Å². The average molecular weight is 419 g/mol. The van der Waals surface area contributed by atoms with Crippen LogP contribution >= 0.6 is 11.8 Å². The van der Waals surface area contributed by atoms with Crippen molar-refractivity contribution < 1.29 is 9.53 Å². The lowest BCUT2D eigenvalue weighted by atomic mass is 10.1. The van der Waals surface area contributed by atoms with Gasteiger partial charge in [-0.05, 0) is 36.6 Å². The smallest absolute Gasteiger partial charge is 0.323 e. The van der Waals surface area contributed by atoms with Crippen LogP contribution in [0.4, 0.5) is 10.5 Å². The monoisotopic (exact) mass is 418 g/mol. The van der Waals surface area contributed by atoms with Crippen molar-refractivity contribution in [1.29, 1.82) is 0 Å². The summed E-state index contributed by atoms with van der Waals surface area (Å²) < 4.78 is 6.15. The molecule has 3 aromatic carbocycles. The van der Waals surface area contributed by atoms with Gasteiger partial charge in [-0.25, -0.2) is 4.79 Å². The zero-order chi connectivity index (χ0) is 20.9. The molecule has 1 atom stereocenters. The Morgan fingerprint density at radius 1 is 1.00 bits per heavy atom. The lowest BCUT2D eigenvalue weighted by Gasteiger charge is -2.26. The molecular formula is C25H26N2O2S. The first-order valence-corrected chi connectivity index (χ1v) is 11.2. The fraction of sp³-hybridized carbons (Fsp3) is 0.240. The van der Waals surface area contributed by atoms with Crippen LogP contribution in [0.15, 0.2) is 72.8 Å². The number of ether oxygens (including phenoxy) is 1. The average Bonchev–Trinajstić information content (AvgIpc) is 3.26. The van der Waals surface area contributed by atoms with Crippen molar-refractivity contribution in [3.05, 3.63) is 95.1 Å². The van der Waals surface area contributed by atoms with Gasteiger partial charge in [0.05, 0.1) is 0 Å². The molecule has 0 bridgehead atoms. The van der Waals surface area contributed by atoms with Crippen LogP contribution in [-0.2, 0) is 6.61 Å². The minimum absolute atomic E-state index is 0.0682. The fourth-order valence-electron chi connectivity index (χ4n) is 3.68. The van der Waals surface area contributed by atoms with Crippen LogP contribution in [0.25, 0.3) is 0 Å². The minimum Gasteiger partial charge on any atom is -0.489 e. The van der Waals surface area contributed by atoms with E-state index in [1.54, 1.807) is 11.8 Å². The molecule has 1 fully saturated rings.